The van der Waals surface area contributed by atoms with E-state index in [0.717, 1.165) is 54.4 Å². The molecule has 0 amide bonds. The van der Waals surface area contributed by atoms with E-state index in [2.05, 4.69) is 97.2 Å². The molecule has 11 rings (SSSR count). The van der Waals surface area contributed by atoms with E-state index in [0.29, 0.717) is 21.8 Å². The van der Waals surface area contributed by atoms with Crippen molar-refractivity contribution in [3.05, 3.63) is 167 Å². The van der Waals surface area contributed by atoms with Crippen LogP contribution in [0, 0.1) is 17.9 Å². The number of aromatic nitrogens is 5. The van der Waals surface area contributed by atoms with Crippen LogP contribution in [0.1, 0.15) is 5.82 Å². The highest BCUT2D eigenvalue weighted by molar-refractivity contribution is 6.29. The molecule has 0 unspecified atom stereocenters. The first-order valence-electron chi connectivity index (χ1n) is 17.4. The minimum absolute atomic E-state index is 0.0863. The summed E-state index contributed by atoms with van der Waals surface area (Å²) in [5.74, 6) is -0.302. The van der Waals surface area contributed by atoms with Crippen molar-refractivity contribution < 1.29 is 0 Å². The van der Waals surface area contributed by atoms with Crippen LogP contribution in [0.4, 0.5) is 5.95 Å². The van der Waals surface area contributed by atoms with Gasteiger partial charge in [-0.3, -0.25) is 9.36 Å². The van der Waals surface area contributed by atoms with Crippen molar-refractivity contribution in [3.63, 3.8) is 0 Å². The van der Waals surface area contributed by atoms with E-state index >= 15 is 0 Å². The first-order chi connectivity index (χ1) is 26.6. The Morgan fingerprint density at radius 3 is 1.69 bits per heavy atom. The lowest BCUT2D eigenvalue weighted by Gasteiger charge is -2.15. The molecule has 0 N–H and O–H groups in total. The van der Waals surface area contributed by atoms with E-state index in [1.54, 1.807) is 4.57 Å². The zero-order valence-electron chi connectivity index (χ0n) is 28.3. The number of para-hydroxylation sites is 1. The molecule has 0 spiro atoms. The molecule has 3 heterocycles. The van der Waals surface area contributed by atoms with Crippen molar-refractivity contribution in [3.8, 4) is 17.7 Å². The van der Waals surface area contributed by atoms with Crippen molar-refractivity contribution in [2.24, 2.45) is 0 Å². The molecular formula is C46H23N7O. The molecule has 8 nitrogen and oxygen atoms in total. The number of nitriles is 1. The van der Waals surface area contributed by atoms with Crippen LogP contribution in [0.25, 0.3) is 103 Å². The van der Waals surface area contributed by atoms with Gasteiger partial charge >= 0.3 is 5.95 Å². The van der Waals surface area contributed by atoms with Gasteiger partial charge in [0.25, 0.3) is 11.8 Å². The smallest absolute Gasteiger partial charge is 0.377 e. The second-order valence-electron chi connectivity index (χ2n) is 13.4. The van der Waals surface area contributed by atoms with Crippen LogP contribution in [0.5, 0.6) is 0 Å². The summed E-state index contributed by atoms with van der Waals surface area (Å²) in [5, 5.41) is 21.5. The Hall–Kier alpha value is -7.94. The van der Waals surface area contributed by atoms with Crippen LogP contribution in [0.15, 0.2) is 144 Å². The van der Waals surface area contributed by atoms with E-state index in [9.17, 15) is 10.1 Å². The fourth-order valence-electron chi connectivity index (χ4n) is 8.31. The normalized spacial score (nSPS) is 11.7. The number of benzene rings is 8. The van der Waals surface area contributed by atoms with Crippen LogP contribution in [0.2, 0.25) is 0 Å². The summed E-state index contributed by atoms with van der Waals surface area (Å²) < 4.78 is 4.03. The first-order valence-corrected chi connectivity index (χ1v) is 17.4. The Morgan fingerprint density at radius 1 is 0.500 bits per heavy atom. The van der Waals surface area contributed by atoms with Gasteiger partial charge in [0.2, 0.25) is 0 Å². The van der Waals surface area contributed by atoms with Gasteiger partial charge in [-0.15, -0.1) is 16.5 Å². The van der Waals surface area contributed by atoms with Crippen molar-refractivity contribution in [1.82, 2.24) is 24.1 Å². The van der Waals surface area contributed by atoms with Crippen LogP contribution in [-0.4, -0.2) is 24.1 Å². The molecule has 0 fully saturated rings. The molecule has 54 heavy (non-hydrogen) atoms. The van der Waals surface area contributed by atoms with Crippen LogP contribution in [0.3, 0.4) is 0 Å². The van der Waals surface area contributed by atoms with Crippen molar-refractivity contribution in [2.75, 3.05) is 0 Å². The highest BCUT2D eigenvalue weighted by atomic mass is 16.1. The fourth-order valence-corrected chi connectivity index (χ4v) is 8.31. The Kier molecular flexibility index (Phi) is 6.08. The molecular weight excluding hydrogens is 667 g/mol. The molecule has 11 aromatic rings. The number of nitrogens with zero attached hydrogens (tertiary/aromatic N) is 7. The lowest BCUT2D eigenvalue weighted by Crippen LogP contribution is -2.13. The number of pyridine rings is 1. The van der Waals surface area contributed by atoms with Gasteiger partial charge in [0, 0.05) is 27.2 Å². The average Bonchev–Trinajstić information content (AvgIpc) is 3.54. The van der Waals surface area contributed by atoms with E-state index in [1.807, 2.05) is 72.8 Å². The molecule has 8 aromatic carbocycles. The second-order valence-corrected chi connectivity index (χ2v) is 13.4. The van der Waals surface area contributed by atoms with E-state index in [4.69, 9.17) is 6.57 Å². The molecule has 8 heteroatoms. The van der Waals surface area contributed by atoms with Crippen molar-refractivity contribution in [2.45, 2.75) is 0 Å². The van der Waals surface area contributed by atoms with Gasteiger partial charge in [-0.25, -0.2) is 0 Å². The molecule has 248 valence electrons. The molecule has 0 saturated heterocycles. The highest BCUT2D eigenvalue weighted by Gasteiger charge is 2.23. The second kappa shape index (κ2) is 11.0. The zero-order chi connectivity index (χ0) is 36.1. The molecule has 0 radical (unpaired) electrons. The molecule has 3 aromatic heterocycles. The van der Waals surface area contributed by atoms with E-state index < -0.39 is 0 Å². The van der Waals surface area contributed by atoms with Gasteiger partial charge in [-0.2, -0.15) is 10.2 Å². The summed E-state index contributed by atoms with van der Waals surface area (Å²) in [6, 6.07) is 49.5. The predicted octanol–water partition coefficient (Wildman–Crippen LogP) is 10.5. The van der Waals surface area contributed by atoms with E-state index in [-0.39, 0.29) is 23.1 Å². The third-order valence-electron chi connectivity index (χ3n) is 10.6. The summed E-state index contributed by atoms with van der Waals surface area (Å²) in [7, 11) is 0. The number of fused-ring (bicyclic) bond motifs is 12. The van der Waals surface area contributed by atoms with Crippen LogP contribution in [-0.2, 0) is 0 Å². The Bertz CT molecular complexity index is 3580. The summed E-state index contributed by atoms with van der Waals surface area (Å²) in [4.78, 5) is 31.3. The van der Waals surface area contributed by atoms with Gasteiger partial charge in [0.15, 0.2) is 11.5 Å². The van der Waals surface area contributed by atoms with Crippen LogP contribution >= 0.6 is 0 Å². The third-order valence-corrected chi connectivity index (χ3v) is 10.6. The predicted molar refractivity (Wildman–Crippen MR) is 216 cm³/mol. The molecule has 0 bridgehead atoms. The zero-order valence-corrected chi connectivity index (χ0v) is 28.3. The minimum atomic E-state index is -0.206. The quantitative estimate of drug-likeness (QED) is 0.102. The molecule has 0 saturated carbocycles. The monoisotopic (exact) mass is 689 g/mol. The topological polar surface area (TPSA) is 93.8 Å². The fraction of sp³-hybridized carbons (Fsp3) is 0. The molecule has 0 aliphatic rings. The average molecular weight is 690 g/mol. The molecule has 0 aliphatic heterocycles. The van der Waals surface area contributed by atoms with Gasteiger partial charge in [0.05, 0.1) is 22.1 Å². The SMILES string of the molecule is [C-]#[N+]c1nc(C#N)nc(-n2c3cc4ccccc4cc3c(=O)c3cc4c5cc6c7ccccc7c7ccccc7c6cc5n(-c5ccccc5)c4cc32)n1. The largest absolute Gasteiger partial charge is 0.394 e. The van der Waals surface area contributed by atoms with Gasteiger partial charge < -0.3 is 9.41 Å². The maximum Gasteiger partial charge on any atom is 0.377 e. The maximum absolute atomic E-state index is 14.8. The summed E-state index contributed by atoms with van der Waals surface area (Å²) >= 11 is 0. The minimum Gasteiger partial charge on any atom is -0.394 e. The number of rotatable bonds is 2. The maximum atomic E-state index is 14.8. The lowest BCUT2D eigenvalue weighted by atomic mass is 9.93. The van der Waals surface area contributed by atoms with E-state index in [1.165, 1.54) is 16.2 Å². The van der Waals surface area contributed by atoms with Crippen LogP contribution < -0.4 is 5.43 Å². The standard InChI is InChI=1S/C46H23N7O/c1-48-45-49-43(25-47)50-46(51-45)53-39-20-27-12-6-5-11-26(27)19-37(39)44(54)38-22-36-35-21-33-31-17-9-7-15-29(31)30-16-8-10-18-32(30)34(33)23-40(35)52(41(36)24-42(38)53)28-13-3-2-4-14-28/h2-24H. The molecule has 0 aliphatic carbocycles. The first kappa shape index (κ1) is 29.8. The summed E-state index contributed by atoms with van der Waals surface area (Å²) in [5.41, 5.74) is 3.80. The Labute approximate surface area is 305 Å². The molecule has 0 atom stereocenters. The lowest BCUT2D eigenvalue weighted by molar-refractivity contribution is 0.934. The van der Waals surface area contributed by atoms with Crippen molar-refractivity contribution >= 4 is 92.6 Å². The number of hydrogen-bond acceptors (Lipinski definition) is 5. The van der Waals surface area contributed by atoms with Gasteiger partial charge in [-0.1, -0.05) is 91.0 Å². The Morgan fingerprint density at radius 2 is 1.02 bits per heavy atom. The summed E-state index contributed by atoms with van der Waals surface area (Å²) in [6.45, 7) is 7.70. The third kappa shape index (κ3) is 4.11. The van der Waals surface area contributed by atoms with Crippen molar-refractivity contribution in [1.29, 1.82) is 5.26 Å². The van der Waals surface area contributed by atoms with Gasteiger partial charge in [-0.05, 0) is 91.6 Å². The highest BCUT2D eigenvalue weighted by Crippen LogP contribution is 2.42. The Balaban J connectivity index is 1.38. The van der Waals surface area contributed by atoms with Gasteiger partial charge in [0.1, 0.15) is 0 Å². The number of hydrogen-bond donors (Lipinski definition) is 0. The summed E-state index contributed by atoms with van der Waals surface area (Å²) in [6.07, 6.45) is 0.